The lowest BCUT2D eigenvalue weighted by Gasteiger charge is -2.24. The summed E-state index contributed by atoms with van der Waals surface area (Å²) in [6.07, 6.45) is 1.61. The fourth-order valence-electron chi connectivity index (χ4n) is 3.42. The molecule has 0 radical (unpaired) electrons. The summed E-state index contributed by atoms with van der Waals surface area (Å²) in [4.78, 5) is 36.4. The van der Waals surface area contributed by atoms with Gasteiger partial charge in [0.05, 0.1) is 19.7 Å². The summed E-state index contributed by atoms with van der Waals surface area (Å²) >= 11 is 0. The lowest BCUT2D eigenvalue weighted by atomic mass is 10.1. The summed E-state index contributed by atoms with van der Waals surface area (Å²) < 4.78 is 6.71. The van der Waals surface area contributed by atoms with Gasteiger partial charge in [-0.3, -0.25) is 14.4 Å². The van der Waals surface area contributed by atoms with E-state index in [1.807, 2.05) is 24.3 Å². The minimum absolute atomic E-state index is 0.0213. The van der Waals surface area contributed by atoms with Gasteiger partial charge >= 0.3 is 0 Å². The highest BCUT2D eigenvalue weighted by molar-refractivity contribution is 6.03. The predicted octanol–water partition coefficient (Wildman–Crippen LogP) is 3.04. The number of aromatic nitrogens is 2. The first kappa shape index (κ1) is 20.1. The average Bonchev–Trinajstić information content (AvgIpc) is 3.18. The Morgan fingerprint density at radius 1 is 1.06 bits per heavy atom. The number of nitrogens with zero attached hydrogens (tertiary/aromatic N) is 2. The van der Waals surface area contributed by atoms with Crippen molar-refractivity contribution in [2.45, 2.75) is 19.4 Å². The molecule has 9 nitrogen and oxygen atoms in total. The van der Waals surface area contributed by atoms with E-state index in [2.05, 4.69) is 21.0 Å². The zero-order chi connectivity index (χ0) is 22.0. The van der Waals surface area contributed by atoms with Gasteiger partial charge in [0.25, 0.3) is 0 Å². The Bertz CT molecular complexity index is 1140. The maximum atomic E-state index is 12.9. The molecule has 0 bridgehead atoms. The smallest absolute Gasteiger partial charge is 0.249 e. The highest BCUT2D eigenvalue weighted by atomic mass is 16.5. The second kappa shape index (κ2) is 8.31. The molecule has 0 saturated heterocycles. The van der Waals surface area contributed by atoms with Crippen molar-refractivity contribution < 1.29 is 19.1 Å². The molecule has 3 aromatic rings. The lowest BCUT2D eigenvalue weighted by Crippen LogP contribution is -2.35. The molecule has 0 aliphatic carbocycles. The number of hydrogen-bond donors (Lipinski definition) is 3. The van der Waals surface area contributed by atoms with Crippen LogP contribution in [0.4, 0.5) is 17.2 Å². The van der Waals surface area contributed by atoms with E-state index in [-0.39, 0.29) is 24.1 Å². The first-order valence-electron chi connectivity index (χ1n) is 9.65. The number of carbonyl (C=O) groups excluding carboxylic acids is 3. The van der Waals surface area contributed by atoms with Crippen LogP contribution in [0.1, 0.15) is 19.4 Å². The molecule has 3 N–H and O–H groups in total. The Balaban J connectivity index is 1.56. The number of hydrogen-bond acceptors (Lipinski definition) is 5. The van der Waals surface area contributed by atoms with E-state index < -0.39 is 6.04 Å². The van der Waals surface area contributed by atoms with Crippen LogP contribution in [0.2, 0.25) is 0 Å². The quantitative estimate of drug-likeness (QED) is 0.588. The van der Waals surface area contributed by atoms with Gasteiger partial charge in [0.2, 0.25) is 17.7 Å². The Hall–Kier alpha value is -4.14. The zero-order valence-electron chi connectivity index (χ0n) is 17.0. The number of ether oxygens (including phenoxy) is 1. The SMILES string of the molecule is COc1ccc(-c2cnn3c2NC(=O)C[C@H]3C(=O)Nc2ccc(NC(C)=O)cc2)cc1. The van der Waals surface area contributed by atoms with Gasteiger partial charge in [-0.05, 0) is 42.0 Å². The Labute approximate surface area is 178 Å². The Morgan fingerprint density at radius 2 is 1.71 bits per heavy atom. The van der Waals surface area contributed by atoms with Gasteiger partial charge in [-0.25, -0.2) is 4.68 Å². The highest BCUT2D eigenvalue weighted by Crippen LogP contribution is 2.35. The van der Waals surface area contributed by atoms with Crippen molar-refractivity contribution in [2.24, 2.45) is 0 Å². The normalized spacial score (nSPS) is 14.9. The molecule has 0 saturated carbocycles. The maximum absolute atomic E-state index is 12.9. The van der Waals surface area contributed by atoms with Crippen LogP contribution in [-0.2, 0) is 14.4 Å². The van der Waals surface area contributed by atoms with E-state index >= 15 is 0 Å². The minimum atomic E-state index is -0.786. The van der Waals surface area contributed by atoms with Gasteiger partial charge in [-0.15, -0.1) is 0 Å². The molecule has 31 heavy (non-hydrogen) atoms. The summed E-state index contributed by atoms with van der Waals surface area (Å²) in [5.74, 6) is 0.402. The summed E-state index contributed by atoms with van der Waals surface area (Å²) in [6, 6.07) is 13.3. The number of anilines is 3. The first-order chi connectivity index (χ1) is 14.9. The predicted molar refractivity (Wildman–Crippen MR) is 116 cm³/mol. The van der Waals surface area contributed by atoms with Crippen molar-refractivity contribution >= 4 is 34.9 Å². The fourth-order valence-corrected chi connectivity index (χ4v) is 3.42. The number of rotatable bonds is 5. The van der Waals surface area contributed by atoms with Crippen LogP contribution in [0.25, 0.3) is 11.1 Å². The third-order valence-corrected chi connectivity index (χ3v) is 4.90. The second-order valence-electron chi connectivity index (χ2n) is 7.10. The summed E-state index contributed by atoms with van der Waals surface area (Å²) in [6.45, 7) is 1.42. The molecule has 1 atom stereocenters. The fraction of sp³-hybridized carbons (Fsp3) is 0.182. The van der Waals surface area contributed by atoms with Crippen molar-refractivity contribution in [1.82, 2.24) is 9.78 Å². The largest absolute Gasteiger partial charge is 0.497 e. The maximum Gasteiger partial charge on any atom is 0.249 e. The Morgan fingerprint density at radius 3 is 2.32 bits per heavy atom. The third kappa shape index (κ3) is 4.25. The van der Waals surface area contributed by atoms with Crippen LogP contribution in [0.15, 0.2) is 54.7 Å². The molecule has 0 spiro atoms. The van der Waals surface area contributed by atoms with Crippen LogP contribution in [0, 0.1) is 0 Å². The van der Waals surface area contributed by atoms with Crippen LogP contribution in [0.3, 0.4) is 0 Å². The van der Waals surface area contributed by atoms with E-state index in [9.17, 15) is 14.4 Å². The lowest BCUT2D eigenvalue weighted by molar-refractivity contribution is -0.125. The van der Waals surface area contributed by atoms with Crippen molar-refractivity contribution in [3.63, 3.8) is 0 Å². The van der Waals surface area contributed by atoms with Crippen molar-refractivity contribution in [2.75, 3.05) is 23.1 Å². The first-order valence-corrected chi connectivity index (χ1v) is 9.65. The number of amides is 3. The topological polar surface area (TPSA) is 114 Å². The van der Waals surface area contributed by atoms with Crippen LogP contribution < -0.4 is 20.7 Å². The third-order valence-electron chi connectivity index (χ3n) is 4.90. The molecule has 0 unspecified atom stereocenters. The average molecular weight is 419 g/mol. The van der Waals surface area contributed by atoms with Crippen LogP contribution in [-0.4, -0.2) is 34.6 Å². The Kier molecular flexibility index (Phi) is 5.40. The second-order valence-corrected chi connectivity index (χ2v) is 7.10. The molecule has 2 aromatic carbocycles. The zero-order valence-corrected chi connectivity index (χ0v) is 17.0. The van der Waals surface area contributed by atoms with E-state index in [0.717, 1.165) is 11.3 Å². The summed E-state index contributed by atoms with van der Waals surface area (Å²) in [7, 11) is 1.59. The molecule has 1 aliphatic rings. The molecule has 9 heteroatoms. The van der Waals surface area contributed by atoms with E-state index in [1.54, 1.807) is 37.6 Å². The van der Waals surface area contributed by atoms with Crippen LogP contribution in [0.5, 0.6) is 5.75 Å². The van der Waals surface area contributed by atoms with Gasteiger partial charge < -0.3 is 20.7 Å². The van der Waals surface area contributed by atoms with E-state index in [0.29, 0.717) is 22.8 Å². The number of methoxy groups -OCH3 is 1. The summed E-state index contributed by atoms with van der Waals surface area (Å²) in [5, 5.41) is 12.7. The molecular formula is C22H21N5O4. The van der Waals surface area contributed by atoms with Gasteiger partial charge in [0, 0.05) is 23.9 Å². The van der Waals surface area contributed by atoms with Crippen molar-refractivity contribution in [3.8, 4) is 16.9 Å². The molecule has 158 valence electrons. The monoisotopic (exact) mass is 419 g/mol. The molecule has 0 fully saturated rings. The van der Waals surface area contributed by atoms with Gasteiger partial charge in [0.15, 0.2) is 0 Å². The molecule has 3 amide bonds. The number of nitrogens with one attached hydrogen (secondary N) is 3. The minimum Gasteiger partial charge on any atom is -0.497 e. The van der Waals surface area contributed by atoms with Gasteiger partial charge in [-0.2, -0.15) is 5.10 Å². The number of carbonyl (C=O) groups is 3. The van der Waals surface area contributed by atoms with Gasteiger partial charge in [-0.1, -0.05) is 12.1 Å². The molecule has 1 aliphatic heterocycles. The van der Waals surface area contributed by atoms with Crippen LogP contribution >= 0.6 is 0 Å². The molecule has 1 aromatic heterocycles. The number of fused-ring (bicyclic) bond motifs is 1. The van der Waals surface area contributed by atoms with E-state index in [4.69, 9.17) is 4.74 Å². The molecule has 4 rings (SSSR count). The highest BCUT2D eigenvalue weighted by Gasteiger charge is 2.33. The molecule has 2 heterocycles. The van der Waals surface area contributed by atoms with Crippen molar-refractivity contribution in [3.05, 3.63) is 54.7 Å². The van der Waals surface area contributed by atoms with Gasteiger partial charge in [0.1, 0.15) is 17.6 Å². The standard InChI is InChI=1S/C22H21N5O4/c1-13(28)24-15-5-7-16(8-6-15)25-22(30)19-11-20(29)26-21-18(12-23-27(19)21)14-3-9-17(31-2)10-4-14/h3-10,12,19H,11H2,1-2H3,(H,24,28)(H,25,30)(H,26,29)/t19-/m0/s1. The van der Waals surface area contributed by atoms with Crippen molar-refractivity contribution in [1.29, 1.82) is 0 Å². The molecular weight excluding hydrogens is 398 g/mol. The number of benzene rings is 2. The summed E-state index contributed by atoms with van der Waals surface area (Å²) in [5.41, 5.74) is 2.74. The van der Waals surface area contributed by atoms with E-state index in [1.165, 1.54) is 11.6 Å².